The van der Waals surface area contributed by atoms with Crippen LogP contribution >= 0.6 is 0 Å². The third kappa shape index (κ3) is 8.41. The monoisotopic (exact) mass is 448 g/mol. The smallest absolute Gasteiger partial charge is 0.387 e. The maximum atomic E-state index is 12.3. The molecule has 0 bridgehead atoms. The molecule has 32 heavy (non-hydrogen) atoms. The van der Waals surface area contributed by atoms with Crippen LogP contribution in [0.5, 0.6) is 11.5 Å². The Morgan fingerprint density at radius 2 is 1.59 bits per heavy atom. The number of hydrogen-bond donors (Lipinski definition) is 1. The van der Waals surface area contributed by atoms with Gasteiger partial charge in [0.25, 0.3) is 0 Å². The summed E-state index contributed by atoms with van der Waals surface area (Å²) in [4.78, 5) is 19.8. The molecular weight excluding hydrogens is 418 g/mol. The van der Waals surface area contributed by atoms with Gasteiger partial charge in [-0.3, -0.25) is 4.79 Å². The van der Waals surface area contributed by atoms with Gasteiger partial charge < -0.3 is 24.6 Å². The summed E-state index contributed by atoms with van der Waals surface area (Å²) in [5, 5.41) is 3.30. The van der Waals surface area contributed by atoms with Crippen molar-refractivity contribution in [2.75, 3.05) is 41.3 Å². The van der Waals surface area contributed by atoms with Crippen LogP contribution < -0.4 is 14.8 Å². The number of carbonyl (C=O) groups is 1. The molecule has 0 heterocycles. The van der Waals surface area contributed by atoms with E-state index >= 15 is 0 Å². The standard InChI is InChI=1S/C23H30F2N4O3/c1-28(2)21(30)15-27-23(26-14-13-17-5-9-19(31-4)10-6-17)29(3)16-18-7-11-20(12-8-18)32-22(24)25/h5-12,22H,13-16H2,1-4H3,(H,26,27). The number of likely N-dealkylation sites (N-methyl/N-ethyl adjacent to an activating group) is 1. The highest BCUT2D eigenvalue weighted by atomic mass is 19.3. The van der Waals surface area contributed by atoms with Crippen LogP contribution in [0.25, 0.3) is 0 Å². The molecule has 9 heteroatoms. The highest BCUT2D eigenvalue weighted by Crippen LogP contribution is 2.16. The van der Waals surface area contributed by atoms with Gasteiger partial charge in [-0.2, -0.15) is 8.78 Å². The molecule has 0 aliphatic carbocycles. The van der Waals surface area contributed by atoms with Gasteiger partial charge in [-0.05, 0) is 41.8 Å². The van der Waals surface area contributed by atoms with E-state index in [1.165, 1.54) is 17.0 Å². The lowest BCUT2D eigenvalue weighted by Crippen LogP contribution is -2.40. The second-order valence-corrected chi connectivity index (χ2v) is 7.33. The Hall–Kier alpha value is -3.36. The molecule has 0 aliphatic rings. The summed E-state index contributed by atoms with van der Waals surface area (Å²) in [7, 11) is 6.84. The predicted molar refractivity (Wildman–Crippen MR) is 120 cm³/mol. The summed E-state index contributed by atoms with van der Waals surface area (Å²) in [6.07, 6.45) is 0.762. The second kappa shape index (κ2) is 12.5. The number of alkyl halides is 2. The molecule has 0 saturated carbocycles. The number of amides is 1. The SMILES string of the molecule is COc1ccc(CCNC(=NCC(=O)N(C)C)N(C)Cc2ccc(OC(F)F)cc2)cc1. The molecule has 2 aromatic carbocycles. The lowest BCUT2D eigenvalue weighted by molar-refractivity contribution is -0.127. The third-order valence-corrected chi connectivity index (χ3v) is 4.65. The number of nitrogens with one attached hydrogen (secondary N) is 1. The van der Waals surface area contributed by atoms with E-state index in [-0.39, 0.29) is 18.2 Å². The van der Waals surface area contributed by atoms with Crippen LogP contribution in [0.15, 0.2) is 53.5 Å². The van der Waals surface area contributed by atoms with Gasteiger partial charge in [-0.1, -0.05) is 24.3 Å². The normalized spacial score (nSPS) is 11.3. The number of aliphatic imine (C=N–C) groups is 1. The first-order valence-electron chi connectivity index (χ1n) is 10.1. The number of hydrogen-bond acceptors (Lipinski definition) is 4. The third-order valence-electron chi connectivity index (χ3n) is 4.65. The first-order chi connectivity index (χ1) is 15.3. The maximum Gasteiger partial charge on any atom is 0.387 e. The quantitative estimate of drug-likeness (QED) is 0.447. The Morgan fingerprint density at radius 3 is 2.16 bits per heavy atom. The van der Waals surface area contributed by atoms with Crippen LogP contribution in [0.1, 0.15) is 11.1 Å². The minimum Gasteiger partial charge on any atom is -0.497 e. The van der Waals surface area contributed by atoms with E-state index in [2.05, 4.69) is 15.0 Å². The summed E-state index contributed by atoms with van der Waals surface area (Å²) >= 11 is 0. The summed E-state index contributed by atoms with van der Waals surface area (Å²) in [5.74, 6) is 1.37. The largest absolute Gasteiger partial charge is 0.497 e. The van der Waals surface area contributed by atoms with Crippen LogP contribution in [0, 0.1) is 0 Å². The molecule has 2 rings (SSSR count). The zero-order valence-electron chi connectivity index (χ0n) is 18.8. The van der Waals surface area contributed by atoms with E-state index in [9.17, 15) is 13.6 Å². The number of nitrogens with zero attached hydrogens (tertiary/aromatic N) is 3. The van der Waals surface area contributed by atoms with Crippen molar-refractivity contribution < 1.29 is 23.0 Å². The molecule has 7 nitrogen and oxygen atoms in total. The molecule has 174 valence electrons. The molecule has 0 spiro atoms. The summed E-state index contributed by atoms with van der Waals surface area (Å²) in [6, 6.07) is 14.3. The molecule has 0 saturated heterocycles. The van der Waals surface area contributed by atoms with Crippen molar-refractivity contribution in [3.63, 3.8) is 0 Å². The van der Waals surface area contributed by atoms with Crippen molar-refractivity contribution in [2.24, 2.45) is 4.99 Å². The van der Waals surface area contributed by atoms with Gasteiger partial charge in [-0.15, -0.1) is 0 Å². The first kappa shape index (κ1) is 24.9. The van der Waals surface area contributed by atoms with Crippen LogP contribution in [-0.4, -0.2) is 69.6 Å². The summed E-state index contributed by atoms with van der Waals surface area (Å²) in [6.45, 7) is -1.75. The zero-order valence-corrected chi connectivity index (χ0v) is 18.8. The molecule has 0 aliphatic heterocycles. The summed E-state index contributed by atoms with van der Waals surface area (Å²) < 4.78 is 34.2. The van der Waals surface area contributed by atoms with Crippen molar-refractivity contribution >= 4 is 11.9 Å². The van der Waals surface area contributed by atoms with Gasteiger partial charge in [0.1, 0.15) is 18.0 Å². The Labute approximate surface area is 187 Å². The molecular formula is C23H30F2N4O3. The van der Waals surface area contributed by atoms with Gasteiger partial charge in [0.2, 0.25) is 5.91 Å². The van der Waals surface area contributed by atoms with Gasteiger partial charge in [0, 0.05) is 34.2 Å². The Morgan fingerprint density at radius 1 is 1.00 bits per heavy atom. The fraction of sp³-hybridized carbons (Fsp3) is 0.391. The Balaban J connectivity index is 2.02. The molecule has 0 atom stereocenters. The van der Waals surface area contributed by atoms with E-state index in [0.717, 1.165) is 23.3 Å². The van der Waals surface area contributed by atoms with Crippen LogP contribution in [0.4, 0.5) is 8.78 Å². The minimum absolute atomic E-state index is 0.0172. The number of methoxy groups -OCH3 is 1. The van der Waals surface area contributed by atoms with E-state index in [1.54, 1.807) is 33.3 Å². The number of ether oxygens (including phenoxy) is 2. The zero-order chi connectivity index (χ0) is 23.5. The van der Waals surface area contributed by atoms with Crippen LogP contribution in [0.3, 0.4) is 0 Å². The fourth-order valence-corrected chi connectivity index (χ4v) is 2.83. The Kier molecular flexibility index (Phi) is 9.72. The van der Waals surface area contributed by atoms with Gasteiger partial charge in [0.05, 0.1) is 7.11 Å². The number of rotatable bonds is 10. The van der Waals surface area contributed by atoms with Gasteiger partial charge in [0.15, 0.2) is 5.96 Å². The highest BCUT2D eigenvalue weighted by Gasteiger charge is 2.11. The molecule has 1 amide bonds. The van der Waals surface area contributed by atoms with E-state index in [0.29, 0.717) is 19.0 Å². The van der Waals surface area contributed by atoms with E-state index in [4.69, 9.17) is 4.74 Å². The molecule has 1 N–H and O–H groups in total. The predicted octanol–water partition coefficient (Wildman–Crippen LogP) is 3.00. The van der Waals surface area contributed by atoms with Crippen molar-refractivity contribution in [3.05, 3.63) is 59.7 Å². The molecule has 2 aromatic rings. The van der Waals surface area contributed by atoms with Gasteiger partial charge >= 0.3 is 6.61 Å². The topological polar surface area (TPSA) is 66.4 Å². The average Bonchev–Trinajstić information content (AvgIpc) is 2.77. The Bertz CT molecular complexity index is 872. The molecule has 0 radical (unpaired) electrons. The summed E-state index contributed by atoms with van der Waals surface area (Å²) in [5.41, 5.74) is 2.02. The number of benzene rings is 2. The van der Waals surface area contributed by atoms with E-state index < -0.39 is 6.61 Å². The number of guanidine groups is 1. The average molecular weight is 449 g/mol. The number of halogens is 2. The number of carbonyl (C=O) groups excluding carboxylic acids is 1. The highest BCUT2D eigenvalue weighted by molar-refractivity contribution is 5.84. The van der Waals surface area contributed by atoms with Crippen LogP contribution in [-0.2, 0) is 17.8 Å². The fourth-order valence-electron chi connectivity index (χ4n) is 2.83. The van der Waals surface area contributed by atoms with Crippen molar-refractivity contribution in [1.29, 1.82) is 0 Å². The molecule has 0 aromatic heterocycles. The van der Waals surface area contributed by atoms with Crippen molar-refractivity contribution in [2.45, 2.75) is 19.6 Å². The minimum atomic E-state index is -2.86. The van der Waals surface area contributed by atoms with Crippen LogP contribution in [0.2, 0.25) is 0 Å². The maximum absolute atomic E-state index is 12.3. The molecule has 0 fully saturated rings. The second-order valence-electron chi connectivity index (χ2n) is 7.33. The van der Waals surface area contributed by atoms with Crippen molar-refractivity contribution in [1.82, 2.24) is 15.1 Å². The lowest BCUT2D eigenvalue weighted by Gasteiger charge is -2.23. The van der Waals surface area contributed by atoms with E-state index in [1.807, 2.05) is 36.2 Å². The van der Waals surface area contributed by atoms with Crippen molar-refractivity contribution in [3.8, 4) is 11.5 Å². The first-order valence-corrected chi connectivity index (χ1v) is 10.1. The lowest BCUT2D eigenvalue weighted by atomic mass is 10.1. The molecule has 0 unspecified atom stereocenters. The van der Waals surface area contributed by atoms with Gasteiger partial charge in [-0.25, -0.2) is 4.99 Å².